The minimum absolute atomic E-state index is 0. The smallest absolute Gasteiger partial charge is 0.852 e. The molecular weight excluding hydrogens is 528 g/mol. The topological polar surface area (TPSA) is 147 Å². The standard InChI is InChI=1S/C16H26O3S.4C3H7O.Ti/c1-2-3-4-5-6-7-8-9-12-15-13-10-11-14-16(15)20(17,18)19;4*1-3(2)4;/h10-11,13-14H,2-9,12H2,1H3,(H,17,18,19);4*3H,1-2H3;/q;4*-1;+4. The Bertz CT molecular complexity index is 629. The van der Waals surface area contributed by atoms with Crippen LogP contribution in [-0.4, -0.2) is 37.4 Å². The van der Waals surface area contributed by atoms with Crippen molar-refractivity contribution in [1.29, 1.82) is 0 Å². The van der Waals surface area contributed by atoms with Gasteiger partial charge in [0, 0.05) is 0 Å². The van der Waals surface area contributed by atoms with E-state index >= 15 is 0 Å². The summed E-state index contributed by atoms with van der Waals surface area (Å²) in [6.07, 6.45) is 8.82. The van der Waals surface area contributed by atoms with Gasteiger partial charge < -0.3 is 20.4 Å². The predicted octanol–water partition coefficient (Wildman–Crippen LogP) is 3.63. The fourth-order valence-corrected chi connectivity index (χ4v) is 3.16. The van der Waals surface area contributed by atoms with E-state index < -0.39 is 34.5 Å². The molecule has 0 atom stereocenters. The summed E-state index contributed by atoms with van der Waals surface area (Å²) < 4.78 is 31.7. The maximum atomic E-state index is 11.2. The van der Waals surface area contributed by atoms with Gasteiger partial charge in [0.25, 0.3) is 10.1 Å². The molecule has 0 amide bonds. The number of benzene rings is 1. The van der Waals surface area contributed by atoms with Crippen molar-refractivity contribution in [2.45, 2.75) is 149 Å². The van der Waals surface area contributed by atoms with Crippen molar-refractivity contribution in [3.63, 3.8) is 0 Å². The molecule has 0 saturated heterocycles. The third-order valence-electron chi connectivity index (χ3n) is 3.55. The summed E-state index contributed by atoms with van der Waals surface area (Å²) in [7, 11) is -4.09. The maximum Gasteiger partial charge on any atom is 4.00 e. The molecule has 0 saturated carbocycles. The molecule has 1 aromatic carbocycles. The van der Waals surface area contributed by atoms with Crippen LogP contribution in [0.4, 0.5) is 0 Å². The van der Waals surface area contributed by atoms with Crippen LogP contribution in [0.2, 0.25) is 0 Å². The van der Waals surface area contributed by atoms with Crippen LogP contribution in [-0.2, 0) is 38.3 Å². The molecule has 0 fully saturated rings. The van der Waals surface area contributed by atoms with E-state index in [1.54, 1.807) is 67.5 Å². The van der Waals surface area contributed by atoms with Crippen molar-refractivity contribution in [1.82, 2.24) is 0 Å². The molecule has 0 radical (unpaired) electrons. The molecule has 0 bridgehead atoms. The first-order valence-electron chi connectivity index (χ1n) is 13.2. The van der Waals surface area contributed by atoms with E-state index in [0.717, 1.165) is 18.4 Å². The van der Waals surface area contributed by atoms with Gasteiger partial charge in [0.1, 0.15) is 0 Å². The van der Waals surface area contributed by atoms with Crippen molar-refractivity contribution in [3.05, 3.63) is 29.8 Å². The Hall–Kier alpha value is -0.316. The number of unbranched alkanes of at least 4 members (excludes halogenated alkanes) is 7. The van der Waals surface area contributed by atoms with Gasteiger partial charge in [-0.25, -0.2) is 0 Å². The summed E-state index contributed by atoms with van der Waals surface area (Å²) in [6, 6.07) is 6.70. The molecule has 0 aliphatic rings. The first-order valence-corrected chi connectivity index (χ1v) is 14.6. The molecule has 0 aliphatic carbocycles. The van der Waals surface area contributed by atoms with Gasteiger partial charge in [0.05, 0.1) is 4.90 Å². The quantitative estimate of drug-likeness (QED) is 0.252. The SMILES string of the molecule is CC(C)[O-].CC(C)[O-].CC(C)[O-].CC(C)[O-].CCCCCCCCCCc1ccccc1S(=O)(=O)O.[Ti+4]. The Morgan fingerprint density at radius 3 is 1.27 bits per heavy atom. The van der Waals surface area contributed by atoms with Crippen LogP contribution in [0, 0.1) is 0 Å². The molecule has 7 nitrogen and oxygen atoms in total. The molecule has 0 aliphatic heterocycles. The van der Waals surface area contributed by atoms with Gasteiger partial charge in [-0.1, -0.05) is 125 Å². The Morgan fingerprint density at radius 1 is 0.649 bits per heavy atom. The van der Waals surface area contributed by atoms with Gasteiger partial charge in [-0.15, -0.1) is 24.4 Å². The van der Waals surface area contributed by atoms with Crippen LogP contribution >= 0.6 is 0 Å². The van der Waals surface area contributed by atoms with Crippen molar-refractivity contribution >= 4 is 10.1 Å². The first kappa shape index (κ1) is 46.5. The molecule has 0 spiro atoms. The third kappa shape index (κ3) is 56.9. The number of aryl methyl sites for hydroxylation is 1. The molecule has 218 valence electrons. The van der Waals surface area contributed by atoms with E-state index in [2.05, 4.69) is 6.92 Å². The number of rotatable bonds is 10. The number of hydrogen-bond acceptors (Lipinski definition) is 6. The summed E-state index contributed by atoms with van der Waals surface area (Å²) in [4.78, 5) is 0.0583. The Morgan fingerprint density at radius 2 is 0.946 bits per heavy atom. The van der Waals surface area contributed by atoms with Crippen LogP contribution in [0.3, 0.4) is 0 Å². The van der Waals surface area contributed by atoms with Crippen LogP contribution in [0.5, 0.6) is 0 Å². The zero-order valence-electron chi connectivity index (χ0n) is 24.8. The van der Waals surface area contributed by atoms with E-state index in [0.29, 0.717) is 6.42 Å². The maximum absolute atomic E-state index is 11.2. The van der Waals surface area contributed by atoms with Crippen molar-refractivity contribution in [3.8, 4) is 0 Å². The summed E-state index contributed by atoms with van der Waals surface area (Å²) in [6.45, 7) is 15.1. The van der Waals surface area contributed by atoms with Gasteiger partial charge in [-0.05, 0) is 24.5 Å². The van der Waals surface area contributed by atoms with E-state index in [9.17, 15) is 28.8 Å². The minimum atomic E-state index is -4.09. The van der Waals surface area contributed by atoms with Crippen LogP contribution in [0.15, 0.2) is 29.2 Å². The average molecular weight is 583 g/mol. The second kappa shape index (κ2) is 31.9. The first-order chi connectivity index (χ1) is 16.5. The van der Waals surface area contributed by atoms with Gasteiger partial charge in [0.2, 0.25) is 0 Å². The molecule has 9 heteroatoms. The fourth-order valence-electron chi connectivity index (χ4n) is 2.41. The summed E-state index contributed by atoms with van der Waals surface area (Å²) in [5, 5.41) is 38.1. The summed E-state index contributed by atoms with van der Waals surface area (Å²) in [5.41, 5.74) is 0.723. The minimum Gasteiger partial charge on any atom is -0.852 e. The molecule has 0 unspecified atom stereocenters. The van der Waals surface area contributed by atoms with Crippen molar-refractivity contribution in [2.75, 3.05) is 0 Å². The number of hydrogen-bond donors (Lipinski definition) is 1. The summed E-state index contributed by atoms with van der Waals surface area (Å²) in [5.74, 6) is 0. The zero-order chi connectivity index (χ0) is 29.2. The molecule has 1 rings (SSSR count). The van der Waals surface area contributed by atoms with Gasteiger partial charge in [0.15, 0.2) is 0 Å². The fraction of sp³-hybridized carbons (Fsp3) is 0.786. The van der Waals surface area contributed by atoms with Crippen molar-refractivity contribution < 1.29 is 55.1 Å². The van der Waals surface area contributed by atoms with Gasteiger partial charge in [-0.3, -0.25) is 4.55 Å². The Balaban J connectivity index is -0.000000164. The molecule has 0 heterocycles. The van der Waals surface area contributed by atoms with E-state index in [4.69, 9.17) is 4.55 Å². The average Bonchev–Trinajstić information content (AvgIpc) is 2.68. The molecule has 0 aromatic heterocycles. The van der Waals surface area contributed by atoms with E-state index in [1.807, 2.05) is 6.07 Å². The monoisotopic (exact) mass is 582 g/mol. The zero-order valence-corrected chi connectivity index (χ0v) is 27.2. The largest absolute Gasteiger partial charge is 4.00 e. The van der Waals surface area contributed by atoms with Crippen LogP contribution in [0.1, 0.15) is 119 Å². The van der Waals surface area contributed by atoms with Gasteiger partial charge in [-0.2, -0.15) is 8.42 Å². The van der Waals surface area contributed by atoms with Crippen LogP contribution in [0.25, 0.3) is 0 Å². The second-order valence-corrected chi connectivity index (χ2v) is 10.9. The van der Waals surface area contributed by atoms with Gasteiger partial charge >= 0.3 is 21.7 Å². The molecule has 1 N–H and O–H groups in total. The van der Waals surface area contributed by atoms with Crippen LogP contribution < -0.4 is 20.4 Å². The second-order valence-electron chi connectivity index (χ2n) is 9.50. The van der Waals surface area contributed by atoms with E-state index in [1.165, 1.54) is 44.6 Å². The summed E-state index contributed by atoms with van der Waals surface area (Å²) >= 11 is 0. The third-order valence-corrected chi connectivity index (χ3v) is 4.50. The predicted molar refractivity (Wildman–Crippen MR) is 143 cm³/mol. The normalized spacial score (nSPS) is 10.2. The molecule has 1 aromatic rings. The Kier molecular flexibility index (Phi) is 40.1. The Labute approximate surface area is 243 Å². The molecule has 37 heavy (non-hydrogen) atoms. The van der Waals surface area contributed by atoms with Crippen molar-refractivity contribution in [2.24, 2.45) is 0 Å². The molecular formula is C28H54O7STi. The van der Waals surface area contributed by atoms with E-state index in [-0.39, 0.29) is 26.6 Å².